The molecule has 3 rings (SSSR count). The minimum Gasteiger partial charge on any atom is -0.341 e. The average Bonchev–Trinajstić information content (AvgIpc) is 3.09. The molecule has 1 aliphatic rings. The molecule has 7 nitrogen and oxygen atoms in total. The number of anilines is 3. The zero-order valence-corrected chi connectivity index (χ0v) is 14.4. The van der Waals surface area contributed by atoms with Gasteiger partial charge in [0, 0.05) is 42.6 Å². The van der Waals surface area contributed by atoms with Crippen molar-refractivity contribution in [3.05, 3.63) is 54.1 Å². The van der Waals surface area contributed by atoms with E-state index in [1.807, 2.05) is 0 Å². The number of rotatable bonds is 4. The molecule has 0 saturated carbocycles. The van der Waals surface area contributed by atoms with E-state index in [1.54, 1.807) is 53.4 Å². The van der Waals surface area contributed by atoms with Crippen LogP contribution in [0.1, 0.15) is 23.2 Å². The highest BCUT2D eigenvalue weighted by molar-refractivity contribution is 6.05. The second-order valence-corrected chi connectivity index (χ2v) is 5.93. The van der Waals surface area contributed by atoms with Gasteiger partial charge in [-0.3, -0.25) is 9.59 Å². The maximum absolute atomic E-state index is 12.3. The van der Waals surface area contributed by atoms with Crippen LogP contribution >= 0.6 is 0 Å². The molecule has 0 radical (unpaired) electrons. The summed E-state index contributed by atoms with van der Waals surface area (Å²) in [5.41, 5.74) is 2.57. The first kappa shape index (κ1) is 17.5. The molecule has 0 aromatic heterocycles. The highest BCUT2D eigenvalue weighted by Gasteiger charge is 2.21. The Labute approximate surface area is 151 Å². The molecule has 134 valence electrons. The van der Waals surface area contributed by atoms with Crippen molar-refractivity contribution in [1.82, 2.24) is 5.32 Å². The lowest BCUT2D eigenvalue weighted by Gasteiger charge is -2.15. The Morgan fingerprint density at radius 3 is 2.08 bits per heavy atom. The van der Waals surface area contributed by atoms with Crippen LogP contribution < -0.4 is 20.9 Å². The Hall–Kier alpha value is -3.35. The predicted molar refractivity (Wildman–Crippen MR) is 101 cm³/mol. The number of nitrogens with one attached hydrogen (secondary N) is 3. The van der Waals surface area contributed by atoms with Gasteiger partial charge in [-0.2, -0.15) is 0 Å². The second-order valence-electron chi connectivity index (χ2n) is 5.93. The Balaban J connectivity index is 1.62. The molecule has 1 fully saturated rings. The summed E-state index contributed by atoms with van der Waals surface area (Å²) in [5, 5.41) is 7.91. The van der Waals surface area contributed by atoms with Gasteiger partial charge in [-0.15, -0.1) is 0 Å². The summed E-state index contributed by atoms with van der Waals surface area (Å²) < 4.78 is 0. The van der Waals surface area contributed by atoms with E-state index in [-0.39, 0.29) is 17.8 Å². The zero-order chi connectivity index (χ0) is 18.5. The summed E-state index contributed by atoms with van der Waals surface area (Å²) >= 11 is 0. The summed E-state index contributed by atoms with van der Waals surface area (Å²) in [6.45, 7) is 0.723. The van der Waals surface area contributed by atoms with E-state index in [0.717, 1.165) is 18.7 Å². The maximum atomic E-state index is 12.3. The van der Waals surface area contributed by atoms with Crippen LogP contribution in [0.15, 0.2) is 48.5 Å². The Bertz CT molecular complexity index is 816. The van der Waals surface area contributed by atoms with Crippen LogP contribution in [-0.4, -0.2) is 31.4 Å². The largest absolute Gasteiger partial charge is 0.341 e. The van der Waals surface area contributed by atoms with Gasteiger partial charge in [-0.05, 0) is 55.0 Å². The molecule has 0 bridgehead atoms. The molecule has 0 spiro atoms. The van der Waals surface area contributed by atoms with Crippen LogP contribution in [0.3, 0.4) is 0 Å². The zero-order valence-electron chi connectivity index (χ0n) is 14.4. The third-order valence-electron chi connectivity index (χ3n) is 4.14. The van der Waals surface area contributed by atoms with Gasteiger partial charge < -0.3 is 20.9 Å². The molecule has 0 atom stereocenters. The summed E-state index contributed by atoms with van der Waals surface area (Å²) in [7, 11) is 1.54. The van der Waals surface area contributed by atoms with Gasteiger partial charge in [0.2, 0.25) is 5.91 Å². The van der Waals surface area contributed by atoms with E-state index in [0.29, 0.717) is 23.4 Å². The predicted octanol–water partition coefficient (Wildman–Crippen LogP) is 2.82. The fourth-order valence-electron chi connectivity index (χ4n) is 2.75. The van der Waals surface area contributed by atoms with E-state index in [9.17, 15) is 14.4 Å². The number of amides is 4. The minimum absolute atomic E-state index is 0.118. The number of nitrogens with zero attached hydrogens (tertiary/aromatic N) is 1. The van der Waals surface area contributed by atoms with Gasteiger partial charge in [0.25, 0.3) is 5.91 Å². The van der Waals surface area contributed by atoms with Gasteiger partial charge in [0.05, 0.1) is 0 Å². The molecule has 4 amide bonds. The van der Waals surface area contributed by atoms with Crippen molar-refractivity contribution in [3.63, 3.8) is 0 Å². The Morgan fingerprint density at radius 1 is 0.923 bits per heavy atom. The first-order chi connectivity index (χ1) is 12.6. The minimum atomic E-state index is -0.307. The number of hydrogen-bond donors (Lipinski definition) is 3. The molecule has 1 heterocycles. The molecular weight excluding hydrogens is 332 g/mol. The quantitative estimate of drug-likeness (QED) is 0.790. The normalized spacial score (nSPS) is 13.4. The van der Waals surface area contributed by atoms with Crippen LogP contribution in [0.5, 0.6) is 0 Å². The lowest BCUT2D eigenvalue weighted by atomic mass is 10.1. The standard InChI is InChI=1S/C19H20N4O3/c1-20-19(26)22-15-8-6-14(7-9-15)21-18(25)13-4-10-16(11-5-13)23-12-2-3-17(23)24/h4-11H,2-3,12H2,1H3,(H,21,25)(H2,20,22,26). The van der Waals surface area contributed by atoms with E-state index in [1.165, 1.54) is 7.05 Å². The third kappa shape index (κ3) is 4.00. The van der Waals surface area contributed by atoms with Crippen molar-refractivity contribution in [3.8, 4) is 0 Å². The van der Waals surface area contributed by atoms with E-state index in [2.05, 4.69) is 16.0 Å². The summed E-state index contributed by atoms with van der Waals surface area (Å²) in [6.07, 6.45) is 1.44. The smallest absolute Gasteiger partial charge is 0.318 e. The van der Waals surface area contributed by atoms with Crippen LogP contribution in [0, 0.1) is 0 Å². The van der Waals surface area contributed by atoms with E-state index < -0.39 is 0 Å². The SMILES string of the molecule is CNC(=O)Nc1ccc(NC(=O)c2ccc(N3CCCC3=O)cc2)cc1. The Kier molecular flexibility index (Phi) is 5.17. The maximum Gasteiger partial charge on any atom is 0.318 e. The summed E-state index contributed by atoms with van der Waals surface area (Å²) in [5.74, 6) is -0.121. The molecular formula is C19H20N4O3. The topological polar surface area (TPSA) is 90.5 Å². The molecule has 26 heavy (non-hydrogen) atoms. The fourth-order valence-corrected chi connectivity index (χ4v) is 2.75. The number of benzene rings is 2. The molecule has 2 aromatic carbocycles. The second kappa shape index (κ2) is 7.69. The molecule has 7 heteroatoms. The van der Waals surface area contributed by atoms with Crippen LogP contribution in [0.25, 0.3) is 0 Å². The number of hydrogen-bond acceptors (Lipinski definition) is 3. The number of carbonyl (C=O) groups excluding carboxylic acids is 3. The van der Waals surface area contributed by atoms with Gasteiger partial charge >= 0.3 is 6.03 Å². The van der Waals surface area contributed by atoms with Crippen molar-refractivity contribution in [2.75, 3.05) is 29.1 Å². The molecule has 0 aliphatic carbocycles. The first-order valence-corrected chi connectivity index (χ1v) is 8.37. The summed E-state index contributed by atoms with van der Waals surface area (Å²) in [4.78, 5) is 37.1. The third-order valence-corrected chi connectivity index (χ3v) is 4.14. The lowest BCUT2D eigenvalue weighted by Crippen LogP contribution is -2.24. The van der Waals surface area contributed by atoms with Crippen molar-refractivity contribution in [1.29, 1.82) is 0 Å². The van der Waals surface area contributed by atoms with Gasteiger partial charge in [-0.25, -0.2) is 4.79 Å². The molecule has 0 unspecified atom stereocenters. The molecule has 1 saturated heterocycles. The van der Waals surface area contributed by atoms with E-state index in [4.69, 9.17) is 0 Å². The van der Waals surface area contributed by atoms with Crippen molar-refractivity contribution in [2.45, 2.75) is 12.8 Å². The monoisotopic (exact) mass is 352 g/mol. The van der Waals surface area contributed by atoms with Crippen LogP contribution in [-0.2, 0) is 4.79 Å². The number of carbonyl (C=O) groups is 3. The lowest BCUT2D eigenvalue weighted by molar-refractivity contribution is -0.117. The van der Waals surface area contributed by atoms with Crippen LogP contribution in [0.2, 0.25) is 0 Å². The number of urea groups is 1. The van der Waals surface area contributed by atoms with Gasteiger partial charge in [0.15, 0.2) is 0 Å². The van der Waals surface area contributed by atoms with Gasteiger partial charge in [0.1, 0.15) is 0 Å². The molecule has 3 N–H and O–H groups in total. The highest BCUT2D eigenvalue weighted by atomic mass is 16.2. The van der Waals surface area contributed by atoms with Crippen molar-refractivity contribution >= 4 is 34.9 Å². The molecule has 2 aromatic rings. The Morgan fingerprint density at radius 2 is 1.54 bits per heavy atom. The van der Waals surface area contributed by atoms with Gasteiger partial charge in [-0.1, -0.05) is 0 Å². The van der Waals surface area contributed by atoms with Crippen molar-refractivity contribution < 1.29 is 14.4 Å². The average molecular weight is 352 g/mol. The van der Waals surface area contributed by atoms with Crippen LogP contribution in [0.4, 0.5) is 21.9 Å². The first-order valence-electron chi connectivity index (χ1n) is 8.37. The fraction of sp³-hybridized carbons (Fsp3) is 0.211. The summed E-state index contributed by atoms with van der Waals surface area (Å²) in [6, 6.07) is 13.5. The van der Waals surface area contributed by atoms with E-state index >= 15 is 0 Å². The highest BCUT2D eigenvalue weighted by Crippen LogP contribution is 2.22. The van der Waals surface area contributed by atoms with Crippen molar-refractivity contribution in [2.24, 2.45) is 0 Å². The molecule has 1 aliphatic heterocycles.